The number of aliphatic imine (C=N–C) groups is 2. The van der Waals surface area contributed by atoms with Crippen molar-refractivity contribution < 1.29 is 9.47 Å². The fourth-order valence-electron chi connectivity index (χ4n) is 7.74. The van der Waals surface area contributed by atoms with Gasteiger partial charge in [0.2, 0.25) is 0 Å². The SMILES string of the molecule is Cc1cc(-c2ccc(-c3cnccc3C)c3c2CCC2(COC(N)=N2)C3)ncc1-c1cccc2c1CC1(CC2)COC(N)=N1. The van der Waals surface area contributed by atoms with Gasteiger partial charge in [0.25, 0.3) is 12.0 Å². The van der Waals surface area contributed by atoms with Gasteiger partial charge in [-0.15, -0.1) is 0 Å². The normalized spacial score (nSPS) is 23.5. The smallest absolute Gasteiger partial charge is 0.282 e. The van der Waals surface area contributed by atoms with Gasteiger partial charge in [-0.05, 0) is 96.2 Å². The monoisotopic (exact) mass is 584 g/mol. The van der Waals surface area contributed by atoms with E-state index in [-0.39, 0.29) is 11.1 Å². The molecule has 2 aliphatic heterocycles. The highest BCUT2D eigenvalue weighted by atomic mass is 16.5. The standard InChI is InChI=1S/C36H36N6O2/c1-21-10-13-39-17-30(21)25-6-7-27(26-9-12-36(16-29(25)26)20-44-34(38)42-36)32-14-22(2)31(18-40-32)24-5-3-4-23-8-11-35(15-28(23)24)19-43-33(37)41-35/h3-7,10,13-14,17-18H,8-9,11-12,15-16,19-20H2,1-2H3,(H2,37,41)(H2,38,42). The van der Waals surface area contributed by atoms with Crippen LogP contribution in [0.5, 0.6) is 0 Å². The van der Waals surface area contributed by atoms with Crippen LogP contribution in [0.25, 0.3) is 33.5 Å². The molecule has 4 aliphatic rings. The van der Waals surface area contributed by atoms with Crippen molar-refractivity contribution in [1.82, 2.24) is 9.97 Å². The molecule has 0 saturated carbocycles. The molecule has 4 aromatic rings. The number of rotatable bonds is 3. The highest BCUT2D eigenvalue weighted by Gasteiger charge is 2.42. The van der Waals surface area contributed by atoms with E-state index in [1.807, 2.05) is 12.4 Å². The summed E-state index contributed by atoms with van der Waals surface area (Å²) < 4.78 is 11.3. The molecule has 222 valence electrons. The number of nitrogens with zero attached hydrogens (tertiary/aromatic N) is 4. The van der Waals surface area contributed by atoms with E-state index in [9.17, 15) is 0 Å². The van der Waals surface area contributed by atoms with Gasteiger partial charge in [0.15, 0.2) is 0 Å². The van der Waals surface area contributed by atoms with Crippen molar-refractivity contribution >= 4 is 12.0 Å². The third-order valence-electron chi connectivity index (χ3n) is 10.1. The van der Waals surface area contributed by atoms with E-state index in [1.54, 1.807) is 0 Å². The summed E-state index contributed by atoms with van der Waals surface area (Å²) in [6.45, 7) is 5.40. The number of nitrogens with two attached hydrogens (primary N) is 2. The quantitative estimate of drug-likeness (QED) is 0.340. The highest BCUT2D eigenvalue weighted by Crippen LogP contribution is 2.44. The summed E-state index contributed by atoms with van der Waals surface area (Å²) in [4.78, 5) is 19.1. The molecule has 8 heteroatoms. The second-order valence-corrected chi connectivity index (χ2v) is 12.9. The number of aromatic nitrogens is 2. The number of amidine groups is 2. The summed E-state index contributed by atoms with van der Waals surface area (Å²) in [5.74, 6) is 0. The molecule has 2 atom stereocenters. The molecule has 2 aromatic heterocycles. The van der Waals surface area contributed by atoms with Crippen molar-refractivity contribution in [1.29, 1.82) is 0 Å². The number of aryl methyl sites for hydroxylation is 3. The molecule has 0 bridgehead atoms. The van der Waals surface area contributed by atoms with Crippen LogP contribution >= 0.6 is 0 Å². The lowest BCUT2D eigenvalue weighted by Crippen LogP contribution is -2.36. The Morgan fingerprint density at radius 2 is 1.36 bits per heavy atom. The van der Waals surface area contributed by atoms with Crippen LogP contribution < -0.4 is 11.5 Å². The molecule has 4 heterocycles. The predicted molar refractivity (Wildman–Crippen MR) is 172 cm³/mol. The Kier molecular flexibility index (Phi) is 6.05. The third kappa shape index (κ3) is 4.34. The Balaban J connectivity index is 1.21. The van der Waals surface area contributed by atoms with Crippen LogP contribution in [-0.4, -0.2) is 46.3 Å². The minimum Gasteiger partial charge on any atom is -0.463 e. The van der Waals surface area contributed by atoms with Gasteiger partial charge < -0.3 is 20.9 Å². The van der Waals surface area contributed by atoms with Gasteiger partial charge in [-0.2, -0.15) is 0 Å². The van der Waals surface area contributed by atoms with Crippen LogP contribution in [-0.2, 0) is 35.2 Å². The van der Waals surface area contributed by atoms with Crippen molar-refractivity contribution in [3.8, 4) is 33.5 Å². The summed E-state index contributed by atoms with van der Waals surface area (Å²) >= 11 is 0. The zero-order valence-electron chi connectivity index (χ0n) is 25.2. The molecule has 4 N–H and O–H groups in total. The van der Waals surface area contributed by atoms with Crippen molar-refractivity contribution in [2.24, 2.45) is 21.5 Å². The van der Waals surface area contributed by atoms with Gasteiger partial charge in [0, 0.05) is 48.1 Å². The molecule has 0 radical (unpaired) electrons. The average Bonchev–Trinajstić information content (AvgIpc) is 3.57. The first-order valence-electron chi connectivity index (χ1n) is 15.4. The molecule has 0 amide bonds. The lowest BCUT2D eigenvalue weighted by molar-refractivity contribution is 0.235. The lowest BCUT2D eigenvalue weighted by atomic mass is 9.74. The molecule has 0 fully saturated rings. The minimum atomic E-state index is -0.323. The molecule has 8 nitrogen and oxygen atoms in total. The van der Waals surface area contributed by atoms with E-state index in [2.05, 4.69) is 67.5 Å². The second kappa shape index (κ2) is 9.91. The highest BCUT2D eigenvalue weighted by molar-refractivity contribution is 5.81. The van der Waals surface area contributed by atoms with Gasteiger partial charge in [-0.25, -0.2) is 9.98 Å². The first-order chi connectivity index (χ1) is 21.3. The second-order valence-electron chi connectivity index (χ2n) is 12.9. The van der Waals surface area contributed by atoms with Gasteiger partial charge in [0.1, 0.15) is 24.3 Å². The van der Waals surface area contributed by atoms with Crippen LogP contribution in [0.4, 0.5) is 0 Å². The number of hydrogen-bond donors (Lipinski definition) is 2. The summed E-state index contributed by atoms with van der Waals surface area (Å²) in [7, 11) is 0. The maximum Gasteiger partial charge on any atom is 0.282 e. The molecule has 0 saturated heterocycles. The number of hydrogen-bond acceptors (Lipinski definition) is 8. The largest absolute Gasteiger partial charge is 0.463 e. The maximum absolute atomic E-state index is 6.01. The Hall–Kier alpha value is -4.72. The fraction of sp³-hybridized carbons (Fsp3) is 0.333. The van der Waals surface area contributed by atoms with E-state index in [0.717, 1.165) is 55.3 Å². The molecule has 2 aromatic carbocycles. The van der Waals surface area contributed by atoms with Crippen molar-refractivity contribution in [3.63, 3.8) is 0 Å². The topological polar surface area (TPSA) is 121 Å². The lowest BCUT2D eigenvalue weighted by Gasteiger charge is -2.33. The summed E-state index contributed by atoms with van der Waals surface area (Å²) in [6, 6.07) is 16.0. The van der Waals surface area contributed by atoms with Crippen LogP contribution in [0.15, 0.2) is 71.0 Å². The molecule has 44 heavy (non-hydrogen) atoms. The molecular weight excluding hydrogens is 548 g/mol. The third-order valence-corrected chi connectivity index (χ3v) is 10.1. The van der Waals surface area contributed by atoms with Crippen LogP contribution in [0.1, 0.15) is 46.2 Å². The molecular formula is C36H36N6O2. The van der Waals surface area contributed by atoms with Crippen LogP contribution in [0.2, 0.25) is 0 Å². The molecule has 2 spiro atoms. The maximum atomic E-state index is 6.01. The Morgan fingerprint density at radius 1 is 0.682 bits per heavy atom. The van der Waals surface area contributed by atoms with E-state index < -0.39 is 0 Å². The van der Waals surface area contributed by atoms with Gasteiger partial charge in [0.05, 0.1) is 5.69 Å². The minimum absolute atomic E-state index is 0.266. The van der Waals surface area contributed by atoms with Crippen LogP contribution in [0.3, 0.4) is 0 Å². The van der Waals surface area contributed by atoms with Gasteiger partial charge in [-0.1, -0.05) is 30.3 Å². The van der Waals surface area contributed by atoms with E-state index >= 15 is 0 Å². The molecule has 2 unspecified atom stereocenters. The fourth-order valence-corrected chi connectivity index (χ4v) is 7.74. The number of ether oxygens (including phenoxy) is 2. The van der Waals surface area contributed by atoms with Gasteiger partial charge >= 0.3 is 0 Å². The van der Waals surface area contributed by atoms with Crippen LogP contribution in [0, 0.1) is 13.8 Å². The zero-order chi connectivity index (χ0) is 30.1. The Bertz CT molecular complexity index is 1900. The Morgan fingerprint density at radius 3 is 2.07 bits per heavy atom. The van der Waals surface area contributed by atoms with E-state index in [4.69, 9.17) is 35.9 Å². The van der Waals surface area contributed by atoms with E-state index in [0.29, 0.717) is 25.3 Å². The number of pyridine rings is 2. The summed E-state index contributed by atoms with van der Waals surface area (Å²) in [6.07, 6.45) is 11.1. The summed E-state index contributed by atoms with van der Waals surface area (Å²) in [5, 5.41) is 0. The van der Waals surface area contributed by atoms with E-state index in [1.165, 1.54) is 50.1 Å². The van der Waals surface area contributed by atoms with Crippen molar-refractivity contribution in [3.05, 3.63) is 94.4 Å². The number of fused-ring (bicyclic) bond motifs is 2. The molecule has 2 aliphatic carbocycles. The first kappa shape index (κ1) is 26.9. The van der Waals surface area contributed by atoms with Crippen molar-refractivity contribution in [2.75, 3.05) is 13.2 Å². The van der Waals surface area contributed by atoms with Crippen molar-refractivity contribution in [2.45, 2.75) is 63.5 Å². The Labute approximate surface area is 257 Å². The first-order valence-corrected chi connectivity index (χ1v) is 15.4. The predicted octanol–water partition coefficient (Wildman–Crippen LogP) is 5.24. The summed E-state index contributed by atoms with van der Waals surface area (Å²) in [5.41, 5.74) is 26.0. The molecule has 8 rings (SSSR count). The zero-order valence-corrected chi connectivity index (χ0v) is 25.2. The average molecular weight is 585 g/mol. The van der Waals surface area contributed by atoms with Gasteiger partial charge in [-0.3, -0.25) is 9.97 Å². The number of benzene rings is 2.